The van der Waals surface area contributed by atoms with E-state index in [1.54, 1.807) is 21.8 Å². The van der Waals surface area contributed by atoms with Gasteiger partial charge in [0, 0.05) is 37.6 Å². The van der Waals surface area contributed by atoms with Gasteiger partial charge in [0.1, 0.15) is 5.58 Å². The van der Waals surface area contributed by atoms with Gasteiger partial charge in [-0.3, -0.25) is 14.3 Å². The molecule has 1 fully saturated rings. The molecule has 2 N–H and O–H groups in total. The van der Waals surface area contributed by atoms with Crippen LogP contribution in [0.1, 0.15) is 22.0 Å². The van der Waals surface area contributed by atoms with Gasteiger partial charge in [0.25, 0.3) is 5.91 Å². The van der Waals surface area contributed by atoms with Crippen LogP contribution in [0.15, 0.2) is 47.1 Å². The standard InChI is InChI=1S/C18H18N4O3/c1-21-8-12(7-20-21)13-9-22(10-14(13)17(19)23)18(24)16-6-11-4-2-3-5-15(11)25-16/h2-8,13-14H,9-10H2,1H3,(H2,19,23)/t13-,14+/m1/s1. The third-order valence-electron chi connectivity index (χ3n) is 4.76. The molecule has 7 heteroatoms. The van der Waals surface area contributed by atoms with E-state index in [0.29, 0.717) is 12.1 Å². The van der Waals surface area contributed by atoms with E-state index >= 15 is 0 Å². The summed E-state index contributed by atoms with van der Waals surface area (Å²) in [6.45, 7) is 0.694. The fraction of sp³-hybridized carbons (Fsp3) is 0.278. The number of rotatable bonds is 3. The lowest BCUT2D eigenvalue weighted by Gasteiger charge is -2.14. The molecule has 0 radical (unpaired) electrons. The first-order valence-electron chi connectivity index (χ1n) is 8.08. The molecule has 0 bridgehead atoms. The minimum absolute atomic E-state index is 0.153. The summed E-state index contributed by atoms with van der Waals surface area (Å²) in [6, 6.07) is 9.19. The van der Waals surface area contributed by atoms with Gasteiger partial charge in [-0.15, -0.1) is 0 Å². The van der Waals surface area contributed by atoms with E-state index in [1.807, 2.05) is 37.5 Å². The second kappa shape index (κ2) is 5.77. The number of furan rings is 1. The number of amides is 2. The number of carbonyl (C=O) groups excluding carboxylic acids is 2. The second-order valence-electron chi connectivity index (χ2n) is 6.42. The number of primary amides is 1. The molecule has 2 amide bonds. The molecule has 3 heterocycles. The van der Waals surface area contributed by atoms with Crippen LogP contribution in [0.2, 0.25) is 0 Å². The van der Waals surface area contributed by atoms with Crippen molar-refractivity contribution in [3.63, 3.8) is 0 Å². The summed E-state index contributed by atoms with van der Waals surface area (Å²) in [4.78, 5) is 26.3. The molecule has 1 aliphatic heterocycles. The van der Waals surface area contributed by atoms with Crippen molar-refractivity contribution in [3.8, 4) is 0 Å². The summed E-state index contributed by atoms with van der Waals surface area (Å²) < 4.78 is 7.34. The van der Waals surface area contributed by atoms with Crippen molar-refractivity contribution in [2.75, 3.05) is 13.1 Å². The normalized spacial score (nSPS) is 20.3. The lowest BCUT2D eigenvalue weighted by molar-refractivity contribution is -0.121. The number of hydrogen-bond acceptors (Lipinski definition) is 4. The second-order valence-corrected chi connectivity index (χ2v) is 6.42. The molecule has 7 nitrogen and oxygen atoms in total. The topological polar surface area (TPSA) is 94.4 Å². The number of nitrogens with zero attached hydrogens (tertiary/aromatic N) is 3. The molecule has 1 aliphatic rings. The number of nitrogens with two attached hydrogens (primary N) is 1. The highest BCUT2D eigenvalue weighted by atomic mass is 16.3. The number of fused-ring (bicyclic) bond motifs is 1. The number of hydrogen-bond donors (Lipinski definition) is 1. The minimum atomic E-state index is -0.433. The van der Waals surface area contributed by atoms with Gasteiger partial charge in [-0.1, -0.05) is 18.2 Å². The number of aromatic nitrogens is 2. The first kappa shape index (κ1) is 15.4. The monoisotopic (exact) mass is 338 g/mol. The molecule has 3 aromatic rings. The molecular weight excluding hydrogens is 320 g/mol. The maximum Gasteiger partial charge on any atom is 0.289 e. The third-order valence-corrected chi connectivity index (χ3v) is 4.76. The van der Waals surface area contributed by atoms with Crippen LogP contribution in [0, 0.1) is 5.92 Å². The summed E-state index contributed by atoms with van der Waals surface area (Å²) in [5.41, 5.74) is 7.14. The Morgan fingerprint density at radius 3 is 2.76 bits per heavy atom. The fourth-order valence-electron chi connectivity index (χ4n) is 3.47. The zero-order valence-corrected chi connectivity index (χ0v) is 13.8. The van der Waals surface area contributed by atoms with Gasteiger partial charge in [-0.05, 0) is 17.7 Å². The molecule has 2 atom stereocenters. The first-order valence-corrected chi connectivity index (χ1v) is 8.08. The highest BCUT2D eigenvalue weighted by Crippen LogP contribution is 2.33. The van der Waals surface area contributed by atoms with Gasteiger partial charge >= 0.3 is 0 Å². The maximum atomic E-state index is 12.8. The summed E-state index contributed by atoms with van der Waals surface area (Å²) in [7, 11) is 1.81. The van der Waals surface area contributed by atoms with Gasteiger partial charge in [-0.2, -0.15) is 5.10 Å². The fourth-order valence-corrected chi connectivity index (χ4v) is 3.47. The van der Waals surface area contributed by atoms with Gasteiger partial charge in [0.05, 0.1) is 12.1 Å². The molecule has 0 aliphatic carbocycles. The predicted octanol–water partition coefficient (Wildman–Crippen LogP) is 1.51. The van der Waals surface area contributed by atoms with E-state index in [2.05, 4.69) is 5.10 Å². The Kier molecular flexibility index (Phi) is 3.56. The van der Waals surface area contributed by atoms with Crippen molar-refractivity contribution in [2.45, 2.75) is 5.92 Å². The molecular formula is C18H18N4O3. The highest BCUT2D eigenvalue weighted by molar-refractivity contribution is 5.96. The smallest absolute Gasteiger partial charge is 0.289 e. The SMILES string of the molecule is Cn1cc([C@H]2CN(C(=O)c3cc4ccccc4o3)C[C@@H]2C(N)=O)cn1. The van der Waals surface area contributed by atoms with Crippen molar-refractivity contribution >= 4 is 22.8 Å². The molecule has 0 saturated carbocycles. The van der Waals surface area contributed by atoms with Crippen LogP contribution in [-0.4, -0.2) is 39.6 Å². The number of benzene rings is 1. The number of likely N-dealkylation sites (tertiary alicyclic amines) is 1. The summed E-state index contributed by atoms with van der Waals surface area (Å²) >= 11 is 0. The van der Waals surface area contributed by atoms with Crippen LogP contribution in [0.25, 0.3) is 11.0 Å². The van der Waals surface area contributed by atoms with Gasteiger partial charge in [0.2, 0.25) is 5.91 Å². The predicted molar refractivity (Wildman–Crippen MR) is 90.8 cm³/mol. The zero-order valence-electron chi connectivity index (χ0n) is 13.8. The summed E-state index contributed by atoms with van der Waals surface area (Å²) in [5, 5.41) is 5.03. The van der Waals surface area contributed by atoms with Crippen molar-refractivity contribution in [3.05, 3.63) is 54.0 Å². The summed E-state index contributed by atoms with van der Waals surface area (Å²) in [5.74, 6) is -0.948. The van der Waals surface area contributed by atoms with E-state index < -0.39 is 11.8 Å². The number of carbonyl (C=O) groups is 2. The zero-order chi connectivity index (χ0) is 17.6. The Labute approximate surface area is 144 Å². The molecule has 0 unspecified atom stereocenters. The van der Waals surface area contributed by atoms with Gasteiger partial charge in [-0.25, -0.2) is 0 Å². The quantitative estimate of drug-likeness (QED) is 0.783. The first-order chi connectivity index (χ1) is 12.0. The van der Waals surface area contributed by atoms with Gasteiger partial charge in [0.15, 0.2) is 5.76 Å². The highest BCUT2D eigenvalue weighted by Gasteiger charge is 2.40. The van der Waals surface area contributed by atoms with Crippen molar-refractivity contribution in [2.24, 2.45) is 18.7 Å². The van der Waals surface area contributed by atoms with Crippen LogP contribution in [0.4, 0.5) is 0 Å². The van der Waals surface area contributed by atoms with Crippen molar-refractivity contribution < 1.29 is 14.0 Å². The van der Waals surface area contributed by atoms with Crippen LogP contribution in [-0.2, 0) is 11.8 Å². The third kappa shape index (κ3) is 2.67. The van der Waals surface area contributed by atoms with Crippen LogP contribution in [0.5, 0.6) is 0 Å². The molecule has 128 valence electrons. The Morgan fingerprint density at radius 2 is 2.08 bits per heavy atom. The van der Waals surface area contributed by atoms with E-state index in [4.69, 9.17) is 10.2 Å². The van der Waals surface area contributed by atoms with Crippen molar-refractivity contribution in [1.82, 2.24) is 14.7 Å². The summed E-state index contributed by atoms with van der Waals surface area (Å²) in [6.07, 6.45) is 3.57. The van der Waals surface area contributed by atoms with E-state index in [0.717, 1.165) is 10.9 Å². The molecule has 1 saturated heterocycles. The largest absolute Gasteiger partial charge is 0.451 e. The minimum Gasteiger partial charge on any atom is -0.451 e. The molecule has 0 spiro atoms. The van der Waals surface area contributed by atoms with E-state index in [1.165, 1.54) is 0 Å². The maximum absolute atomic E-state index is 12.8. The molecule has 2 aromatic heterocycles. The average molecular weight is 338 g/mol. The number of para-hydroxylation sites is 1. The average Bonchev–Trinajstić information content (AvgIpc) is 3.30. The molecule has 25 heavy (non-hydrogen) atoms. The Hall–Kier alpha value is -3.09. The van der Waals surface area contributed by atoms with Crippen LogP contribution < -0.4 is 5.73 Å². The van der Waals surface area contributed by atoms with Crippen molar-refractivity contribution in [1.29, 1.82) is 0 Å². The molecule has 4 rings (SSSR count). The lowest BCUT2D eigenvalue weighted by atomic mass is 9.90. The van der Waals surface area contributed by atoms with E-state index in [-0.39, 0.29) is 24.1 Å². The van der Waals surface area contributed by atoms with E-state index in [9.17, 15) is 9.59 Å². The Bertz CT molecular complexity index is 925. The van der Waals surface area contributed by atoms with Gasteiger partial charge < -0.3 is 15.1 Å². The number of aryl methyl sites for hydroxylation is 1. The molecule has 1 aromatic carbocycles. The Balaban J connectivity index is 1.62. The Morgan fingerprint density at radius 1 is 1.28 bits per heavy atom. The lowest BCUT2D eigenvalue weighted by Crippen LogP contribution is -2.31. The van der Waals surface area contributed by atoms with Crippen LogP contribution >= 0.6 is 0 Å². The van der Waals surface area contributed by atoms with Crippen LogP contribution in [0.3, 0.4) is 0 Å².